The molecule has 0 radical (unpaired) electrons. The summed E-state index contributed by atoms with van der Waals surface area (Å²) in [4.78, 5) is 11.0. The lowest BCUT2D eigenvalue weighted by atomic mass is 10.3. The number of ether oxygens (including phenoxy) is 1. The van der Waals surface area contributed by atoms with Crippen LogP contribution in [0.1, 0.15) is 22.0 Å². The van der Waals surface area contributed by atoms with E-state index >= 15 is 0 Å². The minimum absolute atomic E-state index is 0.216. The molecular formula is C15H25N3O2S. The molecule has 1 aromatic heterocycles. The Morgan fingerprint density at radius 3 is 2.86 bits per heavy atom. The second-order valence-electron chi connectivity index (χ2n) is 5.78. The Labute approximate surface area is 130 Å². The molecule has 1 aromatic rings. The van der Waals surface area contributed by atoms with Crippen molar-refractivity contribution in [2.45, 2.75) is 25.8 Å². The summed E-state index contributed by atoms with van der Waals surface area (Å²) >= 11 is 1.87. The van der Waals surface area contributed by atoms with Gasteiger partial charge < -0.3 is 9.84 Å². The van der Waals surface area contributed by atoms with Crippen molar-refractivity contribution in [3.8, 4) is 0 Å². The summed E-state index contributed by atoms with van der Waals surface area (Å²) in [5, 5.41) is 10.5. The Morgan fingerprint density at radius 2 is 2.10 bits per heavy atom. The number of nitrogens with zero attached hydrogens (tertiary/aromatic N) is 3. The lowest BCUT2D eigenvalue weighted by molar-refractivity contribution is 0.0320. The van der Waals surface area contributed by atoms with Crippen molar-refractivity contribution in [2.75, 3.05) is 52.5 Å². The molecule has 0 atom stereocenters. The van der Waals surface area contributed by atoms with E-state index in [0.29, 0.717) is 0 Å². The van der Waals surface area contributed by atoms with E-state index in [1.807, 2.05) is 11.3 Å². The molecule has 1 aliphatic carbocycles. The zero-order valence-corrected chi connectivity index (χ0v) is 13.4. The number of aromatic nitrogens is 1. The van der Waals surface area contributed by atoms with Crippen LogP contribution in [0.25, 0.3) is 0 Å². The molecule has 3 rings (SSSR count). The third-order valence-electron chi connectivity index (χ3n) is 4.25. The highest BCUT2D eigenvalue weighted by Crippen LogP contribution is 2.28. The topological polar surface area (TPSA) is 48.8 Å². The van der Waals surface area contributed by atoms with Crippen LogP contribution in [-0.2, 0) is 24.1 Å². The predicted octanol–water partition coefficient (Wildman–Crippen LogP) is 0.758. The van der Waals surface area contributed by atoms with Crippen LogP contribution in [0.4, 0.5) is 0 Å². The van der Waals surface area contributed by atoms with E-state index in [1.54, 1.807) is 0 Å². The molecule has 21 heavy (non-hydrogen) atoms. The largest absolute Gasteiger partial charge is 0.395 e. The van der Waals surface area contributed by atoms with Crippen molar-refractivity contribution < 1.29 is 9.84 Å². The smallest absolute Gasteiger partial charge is 0.107 e. The molecule has 0 saturated carbocycles. The Hall–Kier alpha value is -0.530. The van der Waals surface area contributed by atoms with Gasteiger partial charge in [-0.3, -0.25) is 9.80 Å². The Balaban J connectivity index is 1.50. The second-order valence-corrected chi connectivity index (χ2v) is 6.95. The molecule has 1 N–H and O–H groups in total. The van der Waals surface area contributed by atoms with Crippen LogP contribution >= 0.6 is 11.3 Å². The molecule has 0 spiro atoms. The highest BCUT2D eigenvalue weighted by molar-refractivity contribution is 7.11. The molecule has 1 aliphatic heterocycles. The average Bonchev–Trinajstić information content (AvgIpc) is 3.07. The van der Waals surface area contributed by atoms with Gasteiger partial charge in [-0.05, 0) is 19.3 Å². The van der Waals surface area contributed by atoms with Crippen LogP contribution in [0.15, 0.2) is 0 Å². The maximum Gasteiger partial charge on any atom is 0.107 e. The van der Waals surface area contributed by atoms with Gasteiger partial charge in [-0.15, -0.1) is 11.3 Å². The van der Waals surface area contributed by atoms with Crippen LogP contribution in [0.2, 0.25) is 0 Å². The molecule has 6 heteroatoms. The van der Waals surface area contributed by atoms with E-state index in [4.69, 9.17) is 9.72 Å². The SMILES string of the molecule is OCCN(CCN1CCOCC1)Cc1nc2c(s1)CCC2. The van der Waals surface area contributed by atoms with Crippen LogP contribution in [0.3, 0.4) is 0 Å². The van der Waals surface area contributed by atoms with Crippen molar-refractivity contribution in [1.29, 1.82) is 0 Å². The normalized spacial score (nSPS) is 19.3. The monoisotopic (exact) mass is 311 g/mol. The van der Waals surface area contributed by atoms with Gasteiger partial charge in [0.1, 0.15) is 5.01 Å². The van der Waals surface area contributed by atoms with Crippen LogP contribution in [-0.4, -0.2) is 72.4 Å². The Kier molecular flexibility index (Phi) is 5.60. The lowest BCUT2D eigenvalue weighted by Crippen LogP contribution is -2.41. The molecule has 118 valence electrons. The first kappa shape index (κ1) is 15.4. The standard InChI is InChI=1S/C15H25N3O2S/c19-9-6-18(5-4-17-7-10-20-11-8-17)12-15-16-13-2-1-3-14(13)21-15/h19H,1-12H2. The van der Waals surface area contributed by atoms with Gasteiger partial charge in [0.25, 0.3) is 0 Å². The quantitative estimate of drug-likeness (QED) is 0.805. The highest BCUT2D eigenvalue weighted by Gasteiger charge is 2.18. The molecule has 0 aromatic carbocycles. The molecule has 0 unspecified atom stereocenters. The summed E-state index contributed by atoms with van der Waals surface area (Å²) in [6.45, 7) is 7.61. The number of aliphatic hydroxyl groups excluding tert-OH is 1. The number of aliphatic hydroxyl groups is 1. The lowest BCUT2D eigenvalue weighted by Gasteiger charge is -2.29. The van der Waals surface area contributed by atoms with Crippen LogP contribution in [0.5, 0.6) is 0 Å². The van der Waals surface area contributed by atoms with Gasteiger partial charge in [0.15, 0.2) is 0 Å². The van der Waals surface area contributed by atoms with Gasteiger partial charge in [0.2, 0.25) is 0 Å². The first-order chi connectivity index (χ1) is 10.3. The molecule has 1 saturated heterocycles. The average molecular weight is 311 g/mol. The summed E-state index contributed by atoms with van der Waals surface area (Å²) in [5.41, 5.74) is 1.33. The highest BCUT2D eigenvalue weighted by atomic mass is 32.1. The van der Waals surface area contributed by atoms with E-state index in [2.05, 4.69) is 9.80 Å². The van der Waals surface area contributed by atoms with Crippen molar-refractivity contribution in [1.82, 2.24) is 14.8 Å². The predicted molar refractivity (Wildman–Crippen MR) is 83.8 cm³/mol. The van der Waals surface area contributed by atoms with Crippen molar-refractivity contribution in [2.24, 2.45) is 0 Å². The molecular weight excluding hydrogens is 286 g/mol. The Morgan fingerprint density at radius 1 is 1.24 bits per heavy atom. The first-order valence-corrected chi connectivity index (χ1v) is 8.77. The van der Waals surface area contributed by atoms with E-state index in [9.17, 15) is 5.11 Å². The summed E-state index contributed by atoms with van der Waals surface area (Å²) in [5.74, 6) is 0. The number of thiazole rings is 1. The Bertz CT molecular complexity index is 425. The molecule has 2 heterocycles. The summed E-state index contributed by atoms with van der Waals surface area (Å²) in [6.07, 6.45) is 3.63. The number of rotatable bonds is 7. The van der Waals surface area contributed by atoms with E-state index in [-0.39, 0.29) is 6.61 Å². The number of hydrogen-bond acceptors (Lipinski definition) is 6. The van der Waals surface area contributed by atoms with Gasteiger partial charge in [-0.2, -0.15) is 0 Å². The van der Waals surface area contributed by atoms with Gasteiger partial charge >= 0.3 is 0 Å². The van der Waals surface area contributed by atoms with Gasteiger partial charge in [-0.1, -0.05) is 0 Å². The fourth-order valence-corrected chi connectivity index (χ4v) is 4.22. The van der Waals surface area contributed by atoms with E-state index < -0.39 is 0 Å². The van der Waals surface area contributed by atoms with Gasteiger partial charge in [0, 0.05) is 37.6 Å². The summed E-state index contributed by atoms with van der Waals surface area (Å²) in [7, 11) is 0. The fourth-order valence-electron chi connectivity index (χ4n) is 3.02. The fraction of sp³-hybridized carbons (Fsp3) is 0.800. The molecule has 5 nitrogen and oxygen atoms in total. The van der Waals surface area contributed by atoms with Gasteiger partial charge in [-0.25, -0.2) is 4.98 Å². The maximum atomic E-state index is 9.28. The van der Waals surface area contributed by atoms with Gasteiger partial charge in [0.05, 0.1) is 32.1 Å². The molecule has 1 fully saturated rings. The van der Waals surface area contributed by atoms with Crippen LogP contribution < -0.4 is 0 Å². The second kappa shape index (κ2) is 7.65. The first-order valence-electron chi connectivity index (χ1n) is 7.96. The zero-order chi connectivity index (χ0) is 14.5. The van der Waals surface area contributed by atoms with E-state index in [1.165, 1.54) is 28.4 Å². The summed E-state index contributed by atoms with van der Waals surface area (Å²) in [6, 6.07) is 0. The van der Waals surface area contributed by atoms with Crippen LogP contribution in [0, 0.1) is 0 Å². The number of aryl methyl sites for hydroxylation is 2. The van der Waals surface area contributed by atoms with E-state index in [0.717, 1.165) is 58.9 Å². The third kappa shape index (κ3) is 4.23. The zero-order valence-electron chi connectivity index (χ0n) is 12.6. The maximum absolute atomic E-state index is 9.28. The molecule has 0 amide bonds. The minimum atomic E-state index is 0.216. The number of fused-ring (bicyclic) bond motifs is 1. The van der Waals surface area contributed by atoms with Crippen molar-refractivity contribution in [3.05, 3.63) is 15.6 Å². The number of morpholine rings is 1. The van der Waals surface area contributed by atoms with Crippen molar-refractivity contribution >= 4 is 11.3 Å². The van der Waals surface area contributed by atoms with Crippen molar-refractivity contribution in [3.63, 3.8) is 0 Å². The minimum Gasteiger partial charge on any atom is -0.395 e. The molecule has 2 aliphatic rings. The number of hydrogen-bond donors (Lipinski definition) is 1. The molecule has 0 bridgehead atoms. The summed E-state index contributed by atoms with van der Waals surface area (Å²) < 4.78 is 5.38. The third-order valence-corrected chi connectivity index (χ3v) is 5.39.